The fourth-order valence-electron chi connectivity index (χ4n) is 3.09. The quantitative estimate of drug-likeness (QED) is 0.862. The van der Waals surface area contributed by atoms with Crippen LogP contribution in [0.4, 0.5) is 5.69 Å². The predicted octanol–water partition coefficient (Wildman–Crippen LogP) is 1.64. The molecule has 2 aliphatic rings. The van der Waals surface area contributed by atoms with Gasteiger partial charge in [0.15, 0.2) is 0 Å². The van der Waals surface area contributed by atoms with E-state index in [1.807, 2.05) is 32.0 Å². The van der Waals surface area contributed by atoms with E-state index in [0.717, 1.165) is 18.5 Å². The monoisotopic (exact) mass is 274 g/mol. The highest BCUT2D eigenvalue weighted by Crippen LogP contribution is 2.33. The number of rotatable bonds is 2. The number of likely N-dealkylation sites (tertiary alicyclic amines) is 1. The number of para-hydroxylation sites is 1. The third-order valence-electron chi connectivity index (χ3n) is 4.73. The Balaban J connectivity index is 1.71. The zero-order valence-electron chi connectivity index (χ0n) is 12.1. The van der Waals surface area contributed by atoms with Crippen LogP contribution in [0.3, 0.4) is 0 Å². The van der Waals surface area contributed by atoms with Crippen molar-refractivity contribution in [3.8, 4) is 0 Å². The molecule has 108 valence electrons. The topological polar surface area (TPSA) is 52.6 Å². The number of benzene rings is 1. The number of nitrogens with one attached hydrogen (secondary N) is 1. The molecule has 0 spiro atoms. The molecule has 1 fully saturated rings. The molecule has 1 aromatic rings. The smallest absolute Gasteiger partial charge is 0.241 e. The number of nitrogens with zero attached hydrogens (tertiary/aromatic N) is 1. The second-order valence-electron chi connectivity index (χ2n) is 6.36. The molecule has 0 aromatic heterocycles. The molecule has 1 unspecified atom stereocenters. The average molecular weight is 274 g/mol. The van der Waals surface area contributed by atoms with Gasteiger partial charge >= 0.3 is 0 Å². The molecule has 4 heteroatoms. The number of aryl methyl sites for hydroxylation is 1. The first-order valence-corrected chi connectivity index (χ1v) is 7.35. The number of amides is 1. The van der Waals surface area contributed by atoms with E-state index in [1.54, 1.807) is 0 Å². The molecule has 1 amide bonds. The van der Waals surface area contributed by atoms with Gasteiger partial charge in [0.05, 0.1) is 11.6 Å². The molecule has 2 aliphatic heterocycles. The van der Waals surface area contributed by atoms with Crippen LogP contribution in [-0.2, 0) is 11.2 Å². The van der Waals surface area contributed by atoms with E-state index in [1.165, 1.54) is 5.56 Å². The van der Waals surface area contributed by atoms with E-state index < -0.39 is 5.60 Å². The summed E-state index contributed by atoms with van der Waals surface area (Å²) in [5.41, 5.74) is 1.50. The SMILES string of the molecule is CC(C)C1(O)CN(C2CCc3ccccc3NC2=O)C1. The van der Waals surface area contributed by atoms with Gasteiger partial charge in [0.1, 0.15) is 0 Å². The Morgan fingerprint density at radius 1 is 1.35 bits per heavy atom. The third-order valence-corrected chi connectivity index (χ3v) is 4.73. The van der Waals surface area contributed by atoms with Crippen LogP contribution in [0.2, 0.25) is 0 Å². The molecule has 4 nitrogen and oxygen atoms in total. The molecule has 0 saturated carbocycles. The maximum Gasteiger partial charge on any atom is 0.241 e. The number of hydrogen-bond acceptors (Lipinski definition) is 3. The van der Waals surface area contributed by atoms with Gasteiger partial charge in [-0.2, -0.15) is 0 Å². The minimum atomic E-state index is -0.626. The molecule has 2 N–H and O–H groups in total. The lowest BCUT2D eigenvalue weighted by molar-refractivity contribution is -0.153. The van der Waals surface area contributed by atoms with Crippen LogP contribution in [0.15, 0.2) is 24.3 Å². The number of β-amino-alcohol motifs (C(OH)–C–C–N with tert-alkyl or cyclic N) is 1. The molecular weight excluding hydrogens is 252 g/mol. The van der Waals surface area contributed by atoms with Crippen LogP contribution in [-0.4, -0.2) is 40.6 Å². The van der Waals surface area contributed by atoms with Crippen molar-refractivity contribution < 1.29 is 9.90 Å². The van der Waals surface area contributed by atoms with Gasteiger partial charge in [-0.25, -0.2) is 0 Å². The number of fused-ring (bicyclic) bond motifs is 1. The van der Waals surface area contributed by atoms with Crippen molar-refractivity contribution in [1.82, 2.24) is 4.90 Å². The largest absolute Gasteiger partial charge is 0.387 e. The standard InChI is InChI=1S/C16H22N2O2/c1-11(2)16(20)9-18(10-16)14-8-7-12-5-3-4-6-13(12)17-15(14)19/h3-6,11,14,20H,7-10H2,1-2H3,(H,17,19). The second-order valence-corrected chi connectivity index (χ2v) is 6.36. The van der Waals surface area contributed by atoms with Gasteiger partial charge in [-0.3, -0.25) is 9.69 Å². The average Bonchev–Trinajstić information content (AvgIpc) is 2.53. The lowest BCUT2D eigenvalue weighted by Gasteiger charge is -2.51. The molecule has 1 aromatic carbocycles. The van der Waals surface area contributed by atoms with Crippen molar-refractivity contribution in [3.05, 3.63) is 29.8 Å². The van der Waals surface area contributed by atoms with Crippen molar-refractivity contribution in [3.63, 3.8) is 0 Å². The summed E-state index contributed by atoms with van der Waals surface area (Å²) in [4.78, 5) is 14.5. The first-order chi connectivity index (χ1) is 9.49. The zero-order valence-corrected chi connectivity index (χ0v) is 12.1. The number of carbonyl (C=O) groups excluding carboxylic acids is 1. The lowest BCUT2D eigenvalue weighted by Crippen LogP contribution is -2.68. The maximum absolute atomic E-state index is 12.4. The summed E-state index contributed by atoms with van der Waals surface area (Å²) >= 11 is 0. The lowest BCUT2D eigenvalue weighted by atomic mass is 9.81. The van der Waals surface area contributed by atoms with E-state index in [0.29, 0.717) is 13.1 Å². The Morgan fingerprint density at radius 2 is 2.05 bits per heavy atom. The van der Waals surface area contributed by atoms with E-state index in [9.17, 15) is 9.90 Å². The summed E-state index contributed by atoms with van der Waals surface area (Å²) in [6, 6.07) is 7.85. The van der Waals surface area contributed by atoms with Crippen LogP contribution < -0.4 is 5.32 Å². The van der Waals surface area contributed by atoms with Crippen LogP contribution >= 0.6 is 0 Å². The Hall–Kier alpha value is -1.39. The van der Waals surface area contributed by atoms with Crippen molar-refractivity contribution in [2.24, 2.45) is 5.92 Å². The number of anilines is 1. The summed E-state index contributed by atoms with van der Waals surface area (Å²) in [5, 5.41) is 13.4. The zero-order chi connectivity index (χ0) is 14.3. The molecule has 1 saturated heterocycles. The minimum Gasteiger partial charge on any atom is -0.387 e. The van der Waals surface area contributed by atoms with E-state index in [4.69, 9.17) is 0 Å². The van der Waals surface area contributed by atoms with Crippen molar-refractivity contribution in [1.29, 1.82) is 0 Å². The Kier molecular flexibility index (Phi) is 3.30. The Morgan fingerprint density at radius 3 is 2.75 bits per heavy atom. The van der Waals surface area contributed by atoms with Gasteiger partial charge in [0.2, 0.25) is 5.91 Å². The predicted molar refractivity (Wildman–Crippen MR) is 78.5 cm³/mol. The highest BCUT2D eigenvalue weighted by atomic mass is 16.3. The van der Waals surface area contributed by atoms with Crippen molar-refractivity contribution in [2.45, 2.75) is 38.3 Å². The summed E-state index contributed by atoms with van der Waals surface area (Å²) < 4.78 is 0. The van der Waals surface area contributed by atoms with E-state index >= 15 is 0 Å². The Bertz CT molecular complexity index is 521. The number of hydrogen-bond donors (Lipinski definition) is 2. The van der Waals surface area contributed by atoms with Crippen molar-refractivity contribution in [2.75, 3.05) is 18.4 Å². The van der Waals surface area contributed by atoms with Gasteiger partial charge in [0, 0.05) is 18.8 Å². The van der Waals surface area contributed by atoms with E-state index in [-0.39, 0.29) is 17.9 Å². The summed E-state index contributed by atoms with van der Waals surface area (Å²) in [6.45, 7) is 5.25. The molecule has 20 heavy (non-hydrogen) atoms. The number of carbonyl (C=O) groups is 1. The first kappa shape index (κ1) is 13.6. The molecule has 0 radical (unpaired) electrons. The third kappa shape index (κ3) is 2.23. The summed E-state index contributed by atoms with van der Waals surface area (Å²) in [5.74, 6) is 0.283. The molecule has 3 rings (SSSR count). The fourth-order valence-corrected chi connectivity index (χ4v) is 3.09. The van der Waals surface area contributed by atoms with Crippen LogP contribution in [0.25, 0.3) is 0 Å². The molecule has 0 bridgehead atoms. The highest BCUT2D eigenvalue weighted by molar-refractivity contribution is 5.96. The number of aliphatic hydroxyl groups is 1. The van der Waals surface area contributed by atoms with Crippen LogP contribution in [0.5, 0.6) is 0 Å². The highest BCUT2D eigenvalue weighted by Gasteiger charge is 2.47. The van der Waals surface area contributed by atoms with Gasteiger partial charge in [-0.15, -0.1) is 0 Å². The first-order valence-electron chi connectivity index (χ1n) is 7.35. The van der Waals surface area contributed by atoms with E-state index in [2.05, 4.69) is 16.3 Å². The van der Waals surface area contributed by atoms with Crippen molar-refractivity contribution >= 4 is 11.6 Å². The summed E-state index contributed by atoms with van der Waals surface area (Å²) in [7, 11) is 0. The Labute approximate surface area is 119 Å². The maximum atomic E-state index is 12.4. The van der Waals surface area contributed by atoms with Crippen LogP contribution in [0.1, 0.15) is 25.8 Å². The second kappa shape index (κ2) is 4.86. The normalized spacial score (nSPS) is 25.6. The summed E-state index contributed by atoms with van der Waals surface area (Å²) in [6.07, 6.45) is 1.72. The van der Waals surface area contributed by atoms with Gasteiger partial charge in [0.25, 0.3) is 0 Å². The molecular formula is C16H22N2O2. The molecule has 2 heterocycles. The van der Waals surface area contributed by atoms with Gasteiger partial charge in [-0.05, 0) is 30.4 Å². The van der Waals surface area contributed by atoms with Gasteiger partial charge < -0.3 is 10.4 Å². The van der Waals surface area contributed by atoms with Crippen LogP contribution in [0, 0.1) is 5.92 Å². The fraction of sp³-hybridized carbons (Fsp3) is 0.562. The molecule has 1 atom stereocenters. The molecule has 0 aliphatic carbocycles. The minimum absolute atomic E-state index is 0.0563. The van der Waals surface area contributed by atoms with Gasteiger partial charge in [-0.1, -0.05) is 32.0 Å².